The molecule has 1 aliphatic carbocycles. The van der Waals surface area contributed by atoms with Crippen molar-refractivity contribution in [1.29, 1.82) is 0 Å². The number of rotatable bonds is 5. The second-order valence-electron chi connectivity index (χ2n) is 5.10. The molecule has 0 saturated heterocycles. The number of hydrogen-bond acceptors (Lipinski definition) is 2. The predicted octanol–water partition coefficient (Wildman–Crippen LogP) is 5.11. The van der Waals surface area contributed by atoms with Crippen molar-refractivity contribution in [3.63, 3.8) is 0 Å². The van der Waals surface area contributed by atoms with Gasteiger partial charge in [-0.05, 0) is 87.6 Å². The first-order chi connectivity index (χ1) is 8.15. The third-order valence-electron chi connectivity index (χ3n) is 3.99. The van der Waals surface area contributed by atoms with Crippen LogP contribution in [0.1, 0.15) is 44.1 Å². The van der Waals surface area contributed by atoms with Crippen molar-refractivity contribution < 1.29 is 0 Å². The Labute approximate surface area is 124 Å². The Morgan fingerprint density at radius 3 is 2.47 bits per heavy atom. The van der Waals surface area contributed by atoms with E-state index in [1.54, 1.807) is 11.3 Å². The molecule has 0 atom stereocenters. The fourth-order valence-electron chi connectivity index (χ4n) is 3.00. The standard InChI is InChI=1S/C13H19Br2NS/c14-11-9-10(12(15)17-11)3-6-13(7-8-16)4-1-2-5-13/h9H,1-8,16H2. The average Bonchev–Trinajstić information content (AvgIpc) is 2.84. The number of thiophene rings is 1. The lowest BCUT2D eigenvalue weighted by Gasteiger charge is -2.28. The molecule has 0 bridgehead atoms. The van der Waals surface area contributed by atoms with Crippen LogP contribution in [0.15, 0.2) is 13.6 Å². The maximum Gasteiger partial charge on any atom is 0.0742 e. The van der Waals surface area contributed by atoms with Gasteiger partial charge in [0.05, 0.1) is 7.57 Å². The van der Waals surface area contributed by atoms with E-state index < -0.39 is 0 Å². The number of hydrogen-bond donors (Lipinski definition) is 1. The van der Waals surface area contributed by atoms with Crippen LogP contribution < -0.4 is 5.73 Å². The van der Waals surface area contributed by atoms with E-state index in [4.69, 9.17) is 5.73 Å². The Bertz CT molecular complexity index is 369. The maximum atomic E-state index is 5.78. The van der Waals surface area contributed by atoms with Gasteiger partial charge in [0.15, 0.2) is 0 Å². The lowest BCUT2D eigenvalue weighted by Crippen LogP contribution is -2.21. The Morgan fingerprint density at radius 1 is 1.24 bits per heavy atom. The van der Waals surface area contributed by atoms with E-state index in [1.807, 2.05) is 0 Å². The van der Waals surface area contributed by atoms with Crippen LogP contribution in [0.2, 0.25) is 0 Å². The van der Waals surface area contributed by atoms with Crippen LogP contribution in [-0.4, -0.2) is 6.54 Å². The second-order valence-corrected chi connectivity index (χ2v) is 8.84. The quantitative estimate of drug-likeness (QED) is 0.753. The summed E-state index contributed by atoms with van der Waals surface area (Å²) < 4.78 is 2.50. The summed E-state index contributed by atoms with van der Waals surface area (Å²) in [6.45, 7) is 0.842. The van der Waals surface area contributed by atoms with Gasteiger partial charge in [-0.1, -0.05) is 12.8 Å². The molecule has 1 aliphatic rings. The maximum absolute atomic E-state index is 5.78. The number of nitrogens with two attached hydrogens (primary N) is 1. The molecule has 2 rings (SSSR count). The van der Waals surface area contributed by atoms with Crippen LogP contribution in [-0.2, 0) is 6.42 Å². The van der Waals surface area contributed by atoms with Gasteiger partial charge in [-0.15, -0.1) is 11.3 Å². The second kappa shape index (κ2) is 6.18. The summed E-state index contributed by atoms with van der Waals surface area (Å²) in [4.78, 5) is 0. The topological polar surface area (TPSA) is 26.0 Å². The Balaban J connectivity index is 1.98. The number of aryl methyl sites for hydroxylation is 1. The summed E-state index contributed by atoms with van der Waals surface area (Å²) in [7, 11) is 0. The highest BCUT2D eigenvalue weighted by atomic mass is 79.9. The molecule has 0 aliphatic heterocycles. The van der Waals surface area contributed by atoms with Crippen LogP contribution in [0.3, 0.4) is 0 Å². The van der Waals surface area contributed by atoms with Gasteiger partial charge in [0.1, 0.15) is 0 Å². The SMILES string of the molecule is NCCC1(CCc2cc(Br)sc2Br)CCCC1. The Kier molecular flexibility index (Phi) is 5.10. The first kappa shape index (κ1) is 14.0. The normalized spacial score (nSPS) is 18.8. The molecule has 0 spiro atoms. The van der Waals surface area contributed by atoms with Gasteiger partial charge in [-0.2, -0.15) is 0 Å². The van der Waals surface area contributed by atoms with Crippen molar-refractivity contribution in [3.05, 3.63) is 19.2 Å². The molecule has 96 valence electrons. The highest BCUT2D eigenvalue weighted by molar-refractivity contribution is 9.12. The van der Waals surface area contributed by atoms with Gasteiger partial charge in [-0.25, -0.2) is 0 Å². The lowest BCUT2D eigenvalue weighted by atomic mass is 9.78. The van der Waals surface area contributed by atoms with E-state index in [0.717, 1.165) is 6.54 Å². The molecule has 17 heavy (non-hydrogen) atoms. The van der Waals surface area contributed by atoms with Crippen molar-refractivity contribution in [1.82, 2.24) is 0 Å². The smallest absolute Gasteiger partial charge is 0.0742 e. The summed E-state index contributed by atoms with van der Waals surface area (Å²) in [5, 5.41) is 0. The molecule has 1 heterocycles. The highest BCUT2D eigenvalue weighted by Gasteiger charge is 2.32. The molecule has 0 aromatic carbocycles. The lowest BCUT2D eigenvalue weighted by molar-refractivity contribution is 0.253. The van der Waals surface area contributed by atoms with E-state index >= 15 is 0 Å². The fraction of sp³-hybridized carbons (Fsp3) is 0.692. The zero-order valence-electron chi connectivity index (χ0n) is 9.98. The van der Waals surface area contributed by atoms with Crippen molar-refractivity contribution in [2.45, 2.75) is 44.9 Å². The molecule has 1 aromatic rings. The molecule has 1 aromatic heterocycles. The summed E-state index contributed by atoms with van der Waals surface area (Å²) in [6, 6.07) is 2.25. The van der Waals surface area contributed by atoms with Crippen LogP contribution in [0.5, 0.6) is 0 Å². The minimum Gasteiger partial charge on any atom is -0.330 e. The first-order valence-electron chi connectivity index (χ1n) is 6.29. The van der Waals surface area contributed by atoms with Crippen molar-refractivity contribution in [2.75, 3.05) is 6.54 Å². The van der Waals surface area contributed by atoms with E-state index in [2.05, 4.69) is 37.9 Å². The van der Waals surface area contributed by atoms with Gasteiger partial charge < -0.3 is 5.73 Å². The summed E-state index contributed by atoms with van der Waals surface area (Å²) in [5.74, 6) is 0. The third kappa shape index (κ3) is 3.55. The zero-order valence-corrected chi connectivity index (χ0v) is 14.0. The molecule has 2 N–H and O–H groups in total. The molecule has 4 heteroatoms. The van der Waals surface area contributed by atoms with Gasteiger partial charge in [-0.3, -0.25) is 0 Å². The van der Waals surface area contributed by atoms with Crippen molar-refractivity contribution in [2.24, 2.45) is 11.1 Å². The van der Waals surface area contributed by atoms with Gasteiger partial charge in [0.25, 0.3) is 0 Å². The molecule has 0 radical (unpaired) electrons. The van der Waals surface area contributed by atoms with Gasteiger partial charge >= 0.3 is 0 Å². The van der Waals surface area contributed by atoms with Crippen LogP contribution in [0.25, 0.3) is 0 Å². The summed E-state index contributed by atoms with van der Waals surface area (Å²) in [5.41, 5.74) is 7.78. The predicted molar refractivity (Wildman–Crippen MR) is 82.6 cm³/mol. The highest BCUT2D eigenvalue weighted by Crippen LogP contribution is 2.45. The van der Waals surface area contributed by atoms with E-state index in [1.165, 1.54) is 58.1 Å². The van der Waals surface area contributed by atoms with Crippen LogP contribution >= 0.6 is 43.2 Å². The molecule has 0 amide bonds. The van der Waals surface area contributed by atoms with E-state index in [9.17, 15) is 0 Å². The summed E-state index contributed by atoms with van der Waals surface area (Å²) >= 11 is 8.97. The molecule has 0 unspecified atom stereocenters. The third-order valence-corrected chi connectivity index (χ3v) is 6.45. The Morgan fingerprint density at radius 2 is 1.94 bits per heavy atom. The molecule has 1 nitrogen and oxygen atoms in total. The molecule has 1 saturated carbocycles. The van der Waals surface area contributed by atoms with E-state index in [0.29, 0.717) is 5.41 Å². The summed E-state index contributed by atoms with van der Waals surface area (Å²) in [6.07, 6.45) is 9.24. The van der Waals surface area contributed by atoms with Crippen LogP contribution in [0, 0.1) is 5.41 Å². The fourth-order valence-corrected chi connectivity index (χ4v) is 5.91. The molecular formula is C13H19Br2NS. The van der Waals surface area contributed by atoms with Gasteiger partial charge in [0, 0.05) is 0 Å². The Hall–Kier alpha value is 0.620. The van der Waals surface area contributed by atoms with E-state index in [-0.39, 0.29) is 0 Å². The van der Waals surface area contributed by atoms with Crippen molar-refractivity contribution in [3.8, 4) is 0 Å². The van der Waals surface area contributed by atoms with Crippen molar-refractivity contribution >= 4 is 43.2 Å². The largest absolute Gasteiger partial charge is 0.330 e. The number of halogens is 2. The average molecular weight is 381 g/mol. The molecule has 1 fully saturated rings. The minimum absolute atomic E-state index is 0.544. The first-order valence-corrected chi connectivity index (χ1v) is 8.69. The minimum atomic E-state index is 0.544. The van der Waals surface area contributed by atoms with Crippen LogP contribution in [0.4, 0.5) is 0 Å². The molecular weight excluding hydrogens is 362 g/mol. The zero-order chi connectivity index (χ0) is 12.3. The van der Waals surface area contributed by atoms with Gasteiger partial charge in [0.2, 0.25) is 0 Å². The monoisotopic (exact) mass is 379 g/mol.